The van der Waals surface area contributed by atoms with E-state index in [1.807, 2.05) is 0 Å². The Morgan fingerprint density at radius 3 is 2.86 bits per heavy atom. The monoisotopic (exact) mass is 538 g/mol. The molecule has 6 rings (SSSR count). The van der Waals surface area contributed by atoms with Gasteiger partial charge < -0.3 is 19.3 Å². The molecule has 35 heavy (non-hydrogen) atoms. The van der Waals surface area contributed by atoms with Crippen molar-refractivity contribution in [3.8, 4) is 0 Å². The van der Waals surface area contributed by atoms with Crippen LogP contribution in [-0.2, 0) is 13.6 Å². The average molecular weight is 540 g/mol. The van der Waals surface area contributed by atoms with Gasteiger partial charge in [-0.05, 0) is 60.3 Å². The molecule has 2 fully saturated rings. The molecule has 2 atom stereocenters. The topological polar surface area (TPSA) is 76.2 Å². The van der Waals surface area contributed by atoms with Crippen LogP contribution in [0.5, 0.6) is 0 Å². The number of quaternary nitrogens is 1. The fourth-order valence-electron chi connectivity index (χ4n) is 6.04. The minimum atomic E-state index is 0.198. The summed E-state index contributed by atoms with van der Waals surface area (Å²) in [6.07, 6.45) is 4.33. The summed E-state index contributed by atoms with van der Waals surface area (Å²) in [5, 5.41) is 8.02. The summed E-state index contributed by atoms with van der Waals surface area (Å²) in [4.78, 5) is 17.1. The quantitative estimate of drug-likeness (QED) is 0.398. The minimum absolute atomic E-state index is 0.198. The second kappa shape index (κ2) is 7.89. The van der Waals surface area contributed by atoms with Crippen LogP contribution < -0.4 is 10.2 Å². The van der Waals surface area contributed by atoms with Crippen molar-refractivity contribution in [2.24, 2.45) is 13.0 Å². The van der Waals surface area contributed by atoms with Crippen molar-refractivity contribution in [1.82, 2.24) is 29.1 Å². The third kappa shape index (κ3) is 3.52. The number of nitrogens with one attached hydrogen (secondary N) is 1. The molecule has 2 aliphatic rings. The Labute approximate surface area is 213 Å². The molecule has 0 saturated carbocycles. The van der Waals surface area contributed by atoms with E-state index in [4.69, 9.17) is 15.0 Å². The Hall–Kier alpha value is -2.72. The second-order valence-electron chi connectivity index (χ2n) is 11.0. The standard InChI is InChI=1S/C25H33BrN9/c1-16-8-9-20-19(11-16)29-21(32(20)3)13-27-23-31-24(30-22-18(26)12-28-34(22)23)33-14-17-7-6-10-35(4,5)25(17,2)15-33/h8-9,11-12,17H,6-7,10,13-15H2,1-5H3,(H,27,30,31)/q+1/t17-,25+/m0/s1. The highest BCUT2D eigenvalue weighted by Gasteiger charge is 2.56. The first-order valence-corrected chi connectivity index (χ1v) is 13.1. The zero-order valence-corrected chi connectivity index (χ0v) is 22.7. The summed E-state index contributed by atoms with van der Waals surface area (Å²) in [7, 11) is 6.80. The number of hydrogen-bond acceptors (Lipinski definition) is 6. The largest absolute Gasteiger partial charge is 0.347 e. The van der Waals surface area contributed by atoms with Crippen molar-refractivity contribution in [2.75, 3.05) is 43.9 Å². The Kier molecular flexibility index (Phi) is 5.12. The van der Waals surface area contributed by atoms with E-state index >= 15 is 0 Å². The van der Waals surface area contributed by atoms with E-state index in [-0.39, 0.29) is 5.54 Å². The number of piperidine rings is 1. The number of aromatic nitrogens is 6. The Balaban J connectivity index is 1.34. The van der Waals surface area contributed by atoms with Crippen LogP contribution in [0.3, 0.4) is 0 Å². The van der Waals surface area contributed by atoms with Gasteiger partial charge in [0.25, 0.3) is 0 Å². The first-order valence-electron chi connectivity index (χ1n) is 12.3. The number of nitrogens with zero attached hydrogens (tertiary/aromatic N) is 8. The zero-order valence-electron chi connectivity index (χ0n) is 21.1. The number of likely N-dealkylation sites (N-methyl/N-ethyl adjacent to an activating group) is 1. The molecule has 0 amide bonds. The van der Waals surface area contributed by atoms with Crippen LogP contribution >= 0.6 is 15.9 Å². The van der Waals surface area contributed by atoms with Gasteiger partial charge in [-0.2, -0.15) is 19.6 Å². The molecular weight excluding hydrogens is 506 g/mol. The average Bonchev–Trinajstić information content (AvgIpc) is 3.46. The lowest BCUT2D eigenvalue weighted by molar-refractivity contribution is -0.946. The van der Waals surface area contributed by atoms with Crippen LogP contribution in [0.2, 0.25) is 0 Å². The lowest BCUT2D eigenvalue weighted by atomic mass is 9.79. The van der Waals surface area contributed by atoms with Gasteiger partial charge in [0.2, 0.25) is 11.9 Å². The predicted molar refractivity (Wildman–Crippen MR) is 142 cm³/mol. The normalized spacial score (nSPS) is 23.8. The Morgan fingerprint density at radius 2 is 2.06 bits per heavy atom. The highest BCUT2D eigenvalue weighted by atomic mass is 79.9. The third-order valence-corrected chi connectivity index (χ3v) is 9.17. The van der Waals surface area contributed by atoms with Crippen molar-refractivity contribution in [2.45, 2.75) is 38.8 Å². The summed E-state index contributed by atoms with van der Waals surface area (Å²) >= 11 is 3.63. The molecular formula is C25H33BrN9+. The summed E-state index contributed by atoms with van der Waals surface area (Å²) in [6, 6.07) is 6.37. The van der Waals surface area contributed by atoms with Gasteiger partial charge in [-0.1, -0.05) is 6.07 Å². The molecule has 0 aliphatic carbocycles. The van der Waals surface area contributed by atoms with E-state index in [1.165, 1.54) is 24.9 Å². The summed E-state index contributed by atoms with van der Waals surface area (Å²) in [5.41, 5.74) is 4.31. The minimum Gasteiger partial charge on any atom is -0.347 e. The lowest BCUT2D eigenvalue weighted by Crippen LogP contribution is -2.64. The van der Waals surface area contributed by atoms with Gasteiger partial charge in [0.15, 0.2) is 5.65 Å². The highest BCUT2D eigenvalue weighted by Crippen LogP contribution is 2.43. The maximum Gasteiger partial charge on any atom is 0.230 e. The number of benzene rings is 1. The first kappa shape index (κ1) is 22.7. The van der Waals surface area contributed by atoms with E-state index in [9.17, 15) is 0 Å². The Morgan fingerprint density at radius 1 is 1.23 bits per heavy atom. The van der Waals surface area contributed by atoms with Crippen LogP contribution in [-0.4, -0.2) is 72.9 Å². The second-order valence-corrected chi connectivity index (χ2v) is 11.8. The number of halogens is 1. The fourth-order valence-corrected chi connectivity index (χ4v) is 6.39. The van der Waals surface area contributed by atoms with Crippen molar-refractivity contribution in [3.63, 3.8) is 0 Å². The van der Waals surface area contributed by atoms with E-state index in [0.29, 0.717) is 18.4 Å². The van der Waals surface area contributed by atoms with E-state index in [1.54, 1.807) is 10.7 Å². The van der Waals surface area contributed by atoms with Gasteiger partial charge in [0.1, 0.15) is 11.4 Å². The van der Waals surface area contributed by atoms with Crippen molar-refractivity contribution < 1.29 is 4.48 Å². The van der Waals surface area contributed by atoms with Gasteiger partial charge in [-0.15, -0.1) is 0 Å². The lowest BCUT2D eigenvalue weighted by Gasteiger charge is -2.50. The molecule has 2 saturated heterocycles. The molecule has 0 spiro atoms. The molecule has 2 aliphatic heterocycles. The molecule has 3 aromatic heterocycles. The van der Waals surface area contributed by atoms with Gasteiger partial charge >= 0.3 is 0 Å². The van der Waals surface area contributed by atoms with Crippen molar-refractivity contribution in [1.29, 1.82) is 0 Å². The molecule has 184 valence electrons. The Bertz CT molecular complexity index is 1440. The maximum absolute atomic E-state index is 4.99. The summed E-state index contributed by atoms with van der Waals surface area (Å²) in [5.74, 6) is 3.02. The fraction of sp³-hybridized carbons (Fsp3) is 0.520. The van der Waals surface area contributed by atoms with Crippen LogP contribution in [0.15, 0.2) is 28.9 Å². The molecule has 10 heteroatoms. The third-order valence-electron chi connectivity index (χ3n) is 8.61. The van der Waals surface area contributed by atoms with Crippen LogP contribution in [0.4, 0.5) is 11.9 Å². The van der Waals surface area contributed by atoms with E-state index < -0.39 is 0 Å². The maximum atomic E-state index is 4.99. The summed E-state index contributed by atoms with van der Waals surface area (Å²) < 4.78 is 5.81. The predicted octanol–water partition coefficient (Wildman–Crippen LogP) is 3.76. The molecule has 5 heterocycles. The van der Waals surface area contributed by atoms with Crippen LogP contribution in [0.1, 0.15) is 31.2 Å². The number of rotatable bonds is 4. The number of hydrogen-bond donors (Lipinski definition) is 1. The molecule has 1 N–H and O–H groups in total. The molecule has 0 radical (unpaired) electrons. The number of likely N-dealkylation sites (tertiary alicyclic amines) is 1. The van der Waals surface area contributed by atoms with Gasteiger partial charge in [0, 0.05) is 19.5 Å². The number of fused-ring (bicyclic) bond motifs is 3. The molecule has 4 aromatic rings. The molecule has 9 nitrogen and oxygen atoms in total. The first-order chi connectivity index (χ1) is 16.7. The van der Waals surface area contributed by atoms with Crippen molar-refractivity contribution >= 4 is 44.5 Å². The number of imidazole rings is 1. The molecule has 0 bridgehead atoms. The van der Waals surface area contributed by atoms with E-state index in [2.05, 4.69) is 89.0 Å². The summed E-state index contributed by atoms with van der Waals surface area (Å²) in [6.45, 7) is 8.24. The zero-order chi connectivity index (χ0) is 24.5. The SMILES string of the molecule is Cc1ccc2c(c1)nc(CNc1nc(N3C[C@@H]4CCC[N+](C)(C)[C@]4(C)C3)nc3c(Br)cnn13)n2C. The molecule has 0 unspecified atom stereocenters. The van der Waals surface area contributed by atoms with Gasteiger partial charge in [0.05, 0.1) is 55.4 Å². The van der Waals surface area contributed by atoms with Crippen LogP contribution in [0.25, 0.3) is 16.7 Å². The highest BCUT2D eigenvalue weighted by molar-refractivity contribution is 9.10. The van der Waals surface area contributed by atoms with Gasteiger partial charge in [-0.3, -0.25) is 0 Å². The molecule has 1 aromatic carbocycles. The van der Waals surface area contributed by atoms with Crippen LogP contribution in [0, 0.1) is 12.8 Å². The number of aryl methyl sites for hydroxylation is 2. The number of anilines is 2. The smallest absolute Gasteiger partial charge is 0.230 e. The van der Waals surface area contributed by atoms with Crippen molar-refractivity contribution in [3.05, 3.63) is 40.3 Å². The van der Waals surface area contributed by atoms with Gasteiger partial charge in [-0.25, -0.2) is 4.98 Å². The van der Waals surface area contributed by atoms with E-state index in [0.717, 1.165) is 50.5 Å².